The van der Waals surface area contributed by atoms with E-state index >= 15 is 0 Å². The number of hydrogen-bond donors (Lipinski definition) is 0. The van der Waals surface area contributed by atoms with Gasteiger partial charge < -0.3 is 9.64 Å². The van der Waals surface area contributed by atoms with Crippen molar-refractivity contribution < 1.29 is 9.53 Å². The van der Waals surface area contributed by atoms with Gasteiger partial charge in [0, 0.05) is 45.3 Å². The summed E-state index contributed by atoms with van der Waals surface area (Å²) in [6, 6.07) is 13.9. The van der Waals surface area contributed by atoms with Crippen molar-refractivity contribution in [1.29, 1.82) is 0 Å². The second-order valence-corrected chi connectivity index (χ2v) is 6.34. The molecule has 1 fully saturated rings. The maximum Gasteiger partial charge on any atom is 0.264 e. The second-order valence-electron chi connectivity index (χ2n) is 6.34. The largest absolute Gasteiger partial charge is 0.480 e. The molecule has 1 aromatic carbocycles. The molecule has 2 aliphatic heterocycles. The molecule has 5 nitrogen and oxygen atoms in total. The summed E-state index contributed by atoms with van der Waals surface area (Å²) in [6.07, 6.45) is 2.15. The molecule has 1 amide bonds. The van der Waals surface area contributed by atoms with E-state index in [-0.39, 0.29) is 12.0 Å². The van der Waals surface area contributed by atoms with Crippen LogP contribution in [0.2, 0.25) is 0 Å². The van der Waals surface area contributed by atoms with Crippen LogP contribution in [0.15, 0.2) is 48.7 Å². The Bertz CT molecular complexity index is 687. The number of para-hydroxylation sites is 1. The van der Waals surface area contributed by atoms with Gasteiger partial charge in [-0.3, -0.25) is 14.7 Å². The maximum absolute atomic E-state index is 12.7. The number of pyridine rings is 1. The average Bonchev–Trinajstić information content (AvgIpc) is 3.07. The van der Waals surface area contributed by atoms with E-state index < -0.39 is 0 Å². The summed E-state index contributed by atoms with van der Waals surface area (Å²) in [6.45, 7) is 4.10. The van der Waals surface area contributed by atoms with Crippen LogP contribution in [-0.2, 0) is 17.8 Å². The van der Waals surface area contributed by atoms with Gasteiger partial charge in [0.15, 0.2) is 6.10 Å². The number of piperazine rings is 1. The minimum atomic E-state index is -0.357. The number of rotatable bonds is 3. The molecular formula is C19H21N3O2. The van der Waals surface area contributed by atoms with Gasteiger partial charge in [0.2, 0.25) is 0 Å². The molecule has 0 spiro atoms. The molecular weight excluding hydrogens is 302 g/mol. The lowest BCUT2D eigenvalue weighted by molar-refractivity contribution is -0.139. The Morgan fingerprint density at radius 3 is 2.62 bits per heavy atom. The van der Waals surface area contributed by atoms with Gasteiger partial charge >= 0.3 is 0 Å². The highest BCUT2D eigenvalue weighted by molar-refractivity contribution is 5.82. The molecule has 1 atom stereocenters. The first-order valence-electron chi connectivity index (χ1n) is 8.45. The number of amides is 1. The van der Waals surface area contributed by atoms with Crippen LogP contribution in [0.1, 0.15) is 11.3 Å². The number of fused-ring (bicyclic) bond motifs is 1. The van der Waals surface area contributed by atoms with Crippen LogP contribution in [0.5, 0.6) is 5.75 Å². The number of aromatic nitrogens is 1. The van der Waals surface area contributed by atoms with Crippen LogP contribution in [0.4, 0.5) is 0 Å². The van der Waals surface area contributed by atoms with Crippen molar-refractivity contribution in [2.24, 2.45) is 0 Å². The Kier molecular flexibility index (Phi) is 4.17. The lowest BCUT2D eigenvalue weighted by atomic mass is 10.1. The third-order valence-corrected chi connectivity index (χ3v) is 4.72. The molecule has 0 unspecified atom stereocenters. The summed E-state index contributed by atoms with van der Waals surface area (Å²) in [5.74, 6) is 0.966. The van der Waals surface area contributed by atoms with Crippen LogP contribution in [0.25, 0.3) is 0 Å². The number of carbonyl (C=O) groups is 1. The minimum absolute atomic E-state index is 0.115. The van der Waals surface area contributed by atoms with E-state index in [1.165, 1.54) is 0 Å². The molecule has 0 aliphatic carbocycles. The summed E-state index contributed by atoms with van der Waals surface area (Å²) in [4.78, 5) is 21.4. The second kappa shape index (κ2) is 6.61. The summed E-state index contributed by atoms with van der Waals surface area (Å²) in [5, 5.41) is 0. The molecule has 3 heterocycles. The van der Waals surface area contributed by atoms with Crippen LogP contribution >= 0.6 is 0 Å². The number of nitrogens with zero attached hydrogens (tertiary/aromatic N) is 3. The van der Waals surface area contributed by atoms with Crippen molar-refractivity contribution >= 4 is 5.91 Å². The van der Waals surface area contributed by atoms with Crippen LogP contribution in [0, 0.1) is 0 Å². The Balaban J connectivity index is 1.31. The maximum atomic E-state index is 12.7. The van der Waals surface area contributed by atoms with Crippen molar-refractivity contribution in [3.8, 4) is 5.75 Å². The van der Waals surface area contributed by atoms with Gasteiger partial charge in [-0.2, -0.15) is 0 Å². The lowest BCUT2D eigenvalue weighted by Crippen LogP contribution is -2.52. The van der Waals surface area contributed by atoms with Gasteiger partial charge in [0.25, 0.3) is 5.91 Å². The Hall–Kier alpha value is -2.40. The van der Waals surface area contributed by atoms with Crippen molar-refractivity contribution in [2.45, 2.75) is 19.1 Å². The SMILES string of the molecule is O=C([C@@H]1Cc2ccccc2O1)N1CCN(Cc2ccccn2)CC1. The molecule has 1 aromatic heterocycles. The topological polar surface area (TPSA) is 45.7 Å². The van der Waals surface area contributed by atoms with Gasteiger partial charge in [0.05, 0.1) is 5.69 Å². The molecule has 0 N–H and O–H groups in total. The van der Waals surface area contributed by atoms with Crippen LogP contribution < -0.4 is 4.74 Å². The Labute approximate surface area is 141 Å². The van der Waals surface area contributed by atoms with Crippen molar-refractivity contribution in [1.82, 2.24) is 14.8 Å². The minimum Gasteiger partial charge on any atom is -0.480 e. The zero-order valence-corrected chi connectivity index (χ0v) is 13.6. The number of benzene rings is 1. The molecule has 124 valence electrons. The molecule has 4 rings (SSSR count). The van der Waals surface area contributed by atoms with E-state index in [4.69, 9.17) is 4.74 Å². The fraction of sp³-hybridized carbons (Fsp3) is 0.368. The van der Waals surface area contributed by atoms with E-state index in [0.717, 1.165) is 49.7 Å². The highest BCUT2D eigenvalue weighted by Crippen LogP contribution is 2.29. The normalized spacial score (nSPS) is 20.5. The number of carbonyl (C=O) groups excluding carboxylic acids is 1. The van der Waals surface area contributed by atoms with Crippen molar-refractivity contribution in [2.75, 3.05) is 26.2 Å². The molecule has 0 radical (unpaired) electrons. The zero-order chi connectivity index (χ0) is 16.4. The first kappa shape index (κ1) is 15.1. The standard InChI is InChI=1S/C19H21N3O2/c23-19(18-13-15-5-1-2-7-17(15)24-18)22-11-9-21(10-12-22)14-16-6-3-4-8-20-16/h1-8,18H,9-14H2/t18-/m0/s1. The molecule has 0 saturated carbocycles. The summed E-state index contributed by atoms with van der Waals surface area (Å²) < 4.78 is 5.83. The van der Waals surface area contributed by atoms with E-state index in [1.54, 1.807) is 0 Å². The van der Waals surface area contributed by atoms with Crippen molar-refractivity contribution in [3.63, 3.8) is 0 Å². The Morgan fingerprint density at radius 2 is 1.88 bits per heavy atom. The fourth-order valence-corrected chi connectivity index (χ4v) is 3.37. The summed E-state index contributed by atoms with van der Waals surface area (Å²) in [7, 11) is 0. The van der Waals surface area contributed by atoms with Gasteiger partial charge in [0.1, 0.15) is 5.75 Å². The molecule has 2 aromatic rings. The predicted molar refractivity (Wildman–Crippen MR) is 90.7 cm³/mol. The molecule has 2 aliphatic rings. The fourth-order valence-electron chi connectivity index (χ4n) is 3.37. The highest BCUT2D eigenvalue weighted by Gasteiger charge is 2.33. The van der Waals surface area contributed by atoms with E-state index in [0.29, 0.717) is 6.42 Å². The molecule has 24 heavy (non-hydrogen) atoms. The smallest absolute Gasteiger partial charge is 0.264 e. The van der Waals surface area contributed by atoms with E-state index in [2.05, 4.69) is 9.88 Å². The van der Waals surface area contributed by atoms with Crippen LogP contribution in [-0.4, -0.2) is 53.0 Å². The predicted octanol–water partition coefficient (Wildman–Crippen LogP) is 1.73. The first-order valence-corrected chi connectivity index (χ1v) is 8.45. The quantitative estimate of drug-likeness (QED) is 0.863. The first-order chi connectivity index (χ1) is 11.8. The van der Waals surface area contributed by atoms with Gasteiger partial charge in [-0.15, -0.1) is 0 Å². The van der Waals surface area contributed by atoms with Gasteiger partial charge in [-0.25, -0.2) is 0 Å². The Morgan fingerprint density at radius 1 is 1.08 bits per heavy atom. The average molecular weight is 323 g/mol. The number of ether oxygens (including phenoxy) is 1. The van der Waals surface area contributed by atoms with Gasteiger partial charge in [-0.1, -0.05) is 24.3 Å². The highest BCUT2D eigenvalue weighted by atomic mass is 16.5. The van der Waals surface area contributed by atoms with E-state index in [1.807, 2.05) is 53.6 Å². The van der Waals surface area contributed by atoms with Crippen LogP contribution in [0.3, 0.4) is 0 Å². The third-order valence-electron chi connectivity index (χ3n) is 4.72. The summed E-state index contributed by atoms with van der Waals surface area (Å²) >= 11 is 0. The monoisotopic (exact) mass is 323 g/mol. The summed E-state index contributed by atoms with van der Waals surface area (Å²) in [5.41, 5.74) is 2.21. The third kappa shape index (κ3) is 3.12. The van der Waals surface area contributed by atoms with Gasteiger partial charge in [-0.05, 0) is 23.8 Å². The molecule has 5 heteroatoms. The van der Waals surface area contributed by atoms with Crippen molar-refractivity contribution in [3.05, 3.63) is 59.9 Å². The molecule has 0 bridgehead atoms. The zero-order valence-electron chi connectivity index (χ0n) is 13.6. The van der Waals surface area contributed by atoms with E-state index in [9.17, 15) is 4.79 Å². The number of hydrogen-bond acceptors (Lipinski definition) is 4. The molecule has 1 saturated heterocycles. The lowest BCUT2D eigenvalue weighted by Gasteiger charge is -2.35.